The number of fused-ring (bicyclic) bond motifs is 1. The SMILES string of the molecule is Cc1ccc(NC(=O)[C@H](C)Sc2cc(C)c3cc(S(=O)(=O)N4CCCCC4)ccc3n2)cc1. The van der Waals surface area contributed by atoms with Gasteiger partial charge in [-0.25, -0.2) is 13.4 Å². The highest BCUT2D eigenvalue weighted by atomic mass is 32.2. The number of hydrogen-bond donors (Lipinski definition) is 1. The highest BCUT2D eigenvalue weighted by molar-refractivity contribution is 8.00. The minimum atomic E-state index is -3.50. The van der Waals surface area contributed by atoms with Gasteiger partial charge in [0, 0.05) is 24.2 Å². The molecule has 1 aromatic heterocycles. The van der Waals surface area contributed by atoms with Crippen LogP contribution in [0.15, 0.2) is 58.5 Å². The molecule has 1 atom stereocenters. The molecular weight excluding hydrogens is 454 g/mol. The molecule has 1 fully saturated rings. The maximum absolute atomic E-state index is 13.1. The Bertz CT molecular complexity index is 1270. The van der Waals surface area contributed by atoms with E-state index in [0.29, 0.717) is 18.0 Å². The van der Waals surface area contributed by atoms with Crippen molar-refractivity contribution in [1.29, 1.82) is 0 Å². The molecule has 3 aromatic rings. The molecule has 1 aliphatic rings. The number of aromatic nitrogens is 1. The first-order valence-corrected chi connectivity index (χ1v) is 13.5. The van der Waals surface area contributed by atoms with E-state index in [4.69, 9.17) is 0 Å². The van der Waals surface area contributed by atoms with Crippen molar-refractivity contribution in [3.8, 4) is 0 Å². The number of sulfonamides is 1. The summed E-state index contributed by atoms with van der Waals surface area (Å²) in [5, 5.41) is 4.15. The van der Waals surface area contributed by atoms with Crippen molar-refractivity contribution < 1.29 is 13.2 Å². The van der Waals surface area contributed by atoms with E-state index < -0.39 is 10.0 Å². The number of nitrogens with zero attached hydrogens (tertiary/aromatic N) is 2. The minimum absolute atomic E-state index is 0.0913. The maximum Gasteiger partial charge on any atom is 0.243 e. The molecule has 1 N–H and O–H groups in total. The fraction of sp³-hybridized carbons (Fsp3) is 0.360. The maximum atomic E-state index is 13.1. The van der Waals surface area contributed by atoms with Crippen molar-refractivity contribution in [2.24, 2.45) is 0 Å². The second-order valence-corrected chi connectivity index (χ2v) is 11.8. The lowest BCUT2D eigenvalue weighted by Gasteiger charge is -2.26. The van der Waals surface area contributed by atoms with Gasteiger partial charge in [-0.2, -0.15) is 4.31 Å². The van der Waals surface area contributed by atoms with Gasteiger partial charge in [0.2, 0.25) is 15.9 Å². The standard InChI is InChI=1S/C25H29N3O3S2/c1-17-7-9-20(10-8-17)26-25(29)19(3)32-24-15-18(2)22-16-21(11-12-23(22)27-24)33(30,31)28-13-5-4-6-14-28/h7-12,15-16,19H,4-6,13-14H2,1-3H3,(H,26,29)/t19-/m0/s1. The summed E-state index contributed by atoms with van der Waals surface area (Å²) in [6, 6.07) is 14.7. The lowest BCUT2D eigenvalue weighted by atomic mass is 10.1. The molecule has 0 saturated carbocycles. The zero-order chi connectivity index (χ0) is 23.6. The van der Waals surface area contributed by atoms with Crippen LogP contribution in [-0.2, 0) is 14.8 Å². The third-order valence-corrected chi connectivity index (χ3v) is 8.82. The van der Waals surface area contributed by atoms with Gasteiger partial charge < -0.3 is 5.32 Å². The fourth-order valence-corrected chi connectivity index (χ4v) is 6.40. The molecule has 33 heavy (non-hydrogen) atoms. The quantitative estimate of drug-likeness (QED) is 0.491. The summed E-state index contributed by atoms with van der Waals surface area (Å²) in [6.07, 6.45) is 2.89. The van der Waals surface area contributed by atoms with Crippen LogP contribution >= 0.6 is 11.8 Å². The molecule has 2 heterocycles. The molecular formula is C25H29N3O3S2. The molecule has 1 amide bonds. The van der Waals surface area contributed by atoms with Crippen molar-refractivity contribution in [1.82, 2.24) is 9.29 Å². The Morgan fingerprint density at radius 1 is 1.03 bits per heavy atom. The van der Waals surface area contributed by atoms with Crippen molar-refractivity contribution in [2.75, 3.05) is 18.4 Å². The Morgan fingerprint density at radius 2 is 1.73 bits per heavy atom. The van der Waals surface area contributed by atoms with Crippen LogP contribution in [0, 0.1) is 13.8 Å². The highest BCUT2D eigenvalue weighted by Crippen LogP contribution is 2.30. The van der Waals surface area contributed by atoms with Gasteiger partial charge in [0.1, 0.15) is 0 Å². The third-order valence-electron chi connectivity index (χ3n) is 5.90. The molecule has 4 rings (SSSR count). The van der Waals surface area contributed by atoms with Crippen LogP contribution in [0.5, 0.6) is 0 Å². The summed E-state index contributed by atoms with van der Waals surface area (Å²) in [6.45, 7) is 6.96. The minimum Gasteiger partial charge on any atom is -0.325 e. The topological polar surface area (TPSA) is 79.4 Å². The van der Waals surface area contributed by atoms with E-state index in [-0.39, 0.29) is 11.2 Å². The molecule has 8 heteroatoms. The number of aryl methyl sites for hydroxylation is 2. The zero-order valence-electron chi connectivity index (χ0n) is 19.2. The van der Waals surface area contributed by atoms with E-state index in [9.17, 15) is 13.2 Å². The Balaban J connectivity index is 1.52. The van der Waals surface area contributed by atoms with E-state index >= 15 is 0 Å². The molecule has 1 saturated heterocycles. The number of carbonyl (C=O) groups excluding carboxylic acids is 1. The van der Waals surface area contributed by atoms with Crippen LogP contribution in [0.2, 0.25) is 0 Å². The summed E-state index contributed by atoms with van der Waals surface area (Å²) in [5.74, 6) is -0.0913. The first-order chi connectivity index (χ1) is 15.7. The summed E-state index contributed by atoms with van der Waals surface area (Å²) in [7, 11) is -3.50. The molecule has 2 aromatic carbocycles. The Kier molecular flexibility index (Phi) is 7.07. The predicted octanol–water partition coefficient (Wildman–Crippen LogP) is 5.15. The number of rotatable bonds is 6. The molecule has 0 unspecified atom stereocenters. The van der Waals surface area contributed by atoms with Gasteiger partial charge in [-0.05, 0) is 75.6 Å². The predicted molar refractivity (Wildman–Crippen MR) is 134 cm³/mol. The molecule has 0 bridgehead atoms. The molecule has 0 radical (unpaired) electrons. The average Bonchev–Trinajstić information content (AvgIpc) is 2.81. The van der Waals surface area contributed by atoms with Gasteiger partial charge in [0.25, 0.3) is 0 Å². The van der Waals surface area contributed by atoms with Crippen LogP contribution < -0.4 is 5.32 Å². The third kappa shape index (κ3) is 5.39. The van der Waals surface area contributed by atoms with Gasteiger partial charge in [0.05, 0.1) is 20.7 Å². The Hall–Kier alpha value is -2.42. The van der Waals surface area contributed by atoms with Gasteiger partial charge in [-0.3, -0.25) is 4.79 Å². The fourth-order valence-electron chi connectivity index (χ4n) is 3.93. The number of piperidine rings is 1. The summed E-state index contributed by atoms with van der Waals surface area (Å²) in [5.41, 5.74) is 3.56. The van der Waals surface area contributed by atoms with Crippen LogP contribution in [-0.4, -0.2) is 42.0 Å². The first kappa shape index (κ1) is 23.7. The molecule has 1 aliphatic heterocycles. The Labute approximate surface area is 199 Å². The lowest BCUT2D eigenvalue weighted by Crippen LogP contribution is -2.35. The van der Waals surface area contributed by atoms with Crippen molar-refractivity contribution in [2.45, 2.75) is 55.2 Å². The Morgan fingerprint density at radius 3 is 2.42 bits per heavy atom. The van der Waals surface area contributed by atoms with E-state index in [2.05, 4.69) is 10.3 Å². The molecule has 0 aliphatic carbocycles. The van der Waals surface area contributed by atoms with Crippen molar-refractivity contribution >= 4 is 44.3 Å². The largest absolute Gasteiger partial charge is 0.325 e. The number of thioether (sulfide) groups is 1. The summed E-state index contributed by atoms with van der Waals surface area (Å²) < 4.78 is 27.7. The second kappa shape index (κ2) is 9.83. The number of benzene rings is 2. The summed E-state index contributed by atoms with van der Waals surface area (Å²) >= 11 is 1.39. The van der Waals surface area contributed by atoms with E-state index in [0.717, 1.165) is 52.0 Å². The van der Waals surface area contributed by atoms with Crippen LogP contribution in [0.25, 0.3) is 10.9 Å². The second-order valence-electron chi connectivity index (χ2n) is 8.54. The van der Waals surface area contributed by atoms with Gasteiger partial charge in [-0.1, -0.05) is 35.9 Å². The normalized spacial score (nSPS) is 16.0. The monoisotopic (exact) mass is 483 g/mol. The number of amides is 1. The van der Waals surface area contributed by atoms with Gasteiger partial charge in [-0.15, -0.1) is 0 Å². The van der Waals surface area contributed by atoms with Gasteiger partial charge >= 0.3 is 0 Å². The first-order valence-electron chi connectivity index (χ1n) is 11.2. The van der Waals surface area contributed by atoms with Crippen molar-refractivity contribution in [3.05, 3.63) is 59.7 Å². The van der Waals surface area contributed by atoms with Crippen LogP contribution in [0.1, 0.15) is 37.3 Å². The van der Waals surface area contributed by atoms with E-state index in [1.807, 2.05) is 51.1 Å². The number of anilines is 1. The number of pyridine rings is 1. The average molecular weight is 484 g/mol. The summed E-state index contributed by atoms with van der Waals surface area (Å²) in [4.78, 5) is 17.6. The molecule has 6 nitrogen and oxygen atoms in total. The molecule has 0 spiro atoms. The van der Waals surface area contributed by atoms with E-state index in [1.165, 1.54) is 11.8 Å². The van der Waals surface area contributed by atoms with Gasteiger partial charge in [0.15, 0.2) is 0 Å². The van der Waals surface area contributed by atoms with Crippen molar-refractivity contribution in [3.63, 3.8) is 0 Å². The van der Waals surface area contributed by atoms with Crippen LogP contribution in [0.4, 0.5) is 5.69 Å². The zero-order valence-corrected chi connectivity index (χ0v) is 20.8. The van der Waals surface area contributed by atoms with Crippen LogP contribution in [0.3, 0.4) is 0 Å². The van der Waals surface area contributed by atoms with E-state index in [1.54, 1.807) is 22.5 Å². The number of nitrogens with one attached hydrogen (secondary N) is 1. The number of hydrogen-bond acceptors (Lipinski definition) is 5. The smallest absolute Gasteiger partial charge is 0.243 e. The number of carbonyl (C=O) groups is 1. The molecule has 174 valence electrons. The highest BCUT2D eigenvalue weighted by Gasteiger charge is 2.26. The lowest BCUT2D eigenvalue weighted by molar-refractivity contribution is -0.115.